The molecule has 0 aliphatic carbocycles. The molecule has 3 aromatic carbocycles. The van der Waals surface area contributed by atoms with E-state index in [1.54, 1.807) is 48.5 Å². The Labute approximate surface area is 201 Å². The number of amides is 2. The van der Waals surface area contributed by atoms with E-state index in [0.717, 1.165) is 15.8 Å². The Bertz CT molecular complexity index is 1460. The summed E-state index contributed by atoms with van der Waals surface area (Å²) in [6, 6.07) is 24.1. The quantitative estimate of drug-likeness (QED) is 0.438. The third-order valence-corrected chi connectivity index (χ3v) is 7.23. The monoisotopic (exact) mass is 466 g/mol. The zero-order valence-electron chi connectivity index (χ0n) is 18.8. The van der Waals surface area contributed by atoms with Crippen molar-refractivity contribution in [3.05, 3.63) is 102 Å². The number of imide groups is 1. The van der Waals surface area contributed by atoms with Gasteiger partial charge in [0.15, 0.2) is 5.54 Å². The number of para-hydroxylation sites is 2. The van der Waals surface area contributed by atoms with Crippen molar-refractivity contribution in [3.8, 4) is 0 Å². The maximum absolute atomic E-state index is 14.0. The molecule has 2 aliphatic rings. The molecule has 2 amide bonds. The van der Waals surface area contributed by atoms with Crippen LogP contribution in [-0.4, -0.2) is 22.9 Å². The van der Waals surface area contributed by atoms with Crippen LogP contribution in [0.2, 0.25) is 0 Å². The van der Waals surface area contributed by atoms with Gasteiger partial charge in [-0.3, -0.25) is 14.9 Å². The third kappa shape index (κ3) is 2.91. The van der Waals surface area contributed by atoms with Crippen LogP contribution in [0.4, 0.5) is 5.69 Å². The summed E-state index contributed by atoms with van der Waals surface area (Å²) in [6.07, 6.45) is 0. The van der Waals surface area contributed by atoms with Crippen molar-refractivity contribution < 1.29 is 23.9 Å². The van der Waals surface area contributed by atoms with Gasteiger partial charge in [-0.25, -0.2) is 9.69 Å². The molecular formula is C28H22N2O5. The molecule has 4 unspecified atom stereocenters. The van der Waals surface area contributed by atoms with Crippen LogP contribution in [0.15, 0.2) is 89.3 Å². The summed E-state index contributed by atoms with van der Waals surface area (Å²) in [6.45, 7) is 1.82. The lowest BCUT2D eigenvalue weighted by molar-refractivity contribution is -0.149. The average Bonchev–Trinajstić information content (AvgIpc) is 3.52. The number of carbonyl (C=O) groups excluding carboxylic acids is 2. The Hall–Kier alpha value is -4.23. The second kappa shape index (κ2) is 7.65. The standard InChI is InChI=1S/C28H22N2O5/c1-16-9-5-7-13-19(16)30-25(31)22-23(26(30)32)28(27(33)34,18-11-3-2-4-12-18)29-24(22)21-15-17-10-6-8-14-20(17)35-21/h2-15,22-24,29H,1H3,(H,33,34). The van der Waals surface area contributed by atoms with E-state index in [0.29, 0.717) is 22.6 Å². The highest BCUT2D eigenvalue weighted by atomic mass is 16.4. The van der Waals surface area contributed by atoms with Crippen molar-refractivity contribution in [2.75, 3.05) is 4.90 Å². The van der Waals surface area contributed by atoms with Gasteiger partial charge in [0, 0.05) is 5.39 Å². The molecule has 6 rings (SSSR count). The van der Waals surface area contributed by atoms with E-state index in [4.69, 9.17) is 4.42 Å². The number of carboxylic acids is 1. The molecule has 1 aromatic heterocycles. The minimum Gasteiger partial charge on any atom is -0.480 e. The first-order chi connectivity index (χ1) is 16.9. The van der Waals surface area contributed by atoms with Crippen molar-refractivity contribution in [2.45, 2.75) is 18.5 Å². The van der Waals surface area contributed by atoms with E-state index in [1.807, 2.05) is 43.3 Å². The van der Waals surface area contributed by atoms with Crippen LogP contribution >= 0.6 is 0 Å². The fraction of sp³-hybridized carbons (Fsp3) is 0.179. The number of fused-ring (bicyclic) bond motifs is 2. The van der Waals surface area contributed by atoms with Gasteiger partial charge in [0.1, 0.15) is 11.3 Å². The number of aliphatic carboxylic acids is 1. The second-order valence-corrected chi connectivity index (χ2v) is 9.09. The highest BCUT2D eigenvalue weighted by molar-refractivity contribution is 6.24. The summed E-state index contributed by atoms with van der Waals surface area (Å²) in [5, 5.41) is 14.6. The maximum atomic E-state index is 14.0. The number of hydrogen-bond donors (Lipinski definition) is 2. The lowest BCUT2D eigenvalue weighted by Gasteiger charge is -2.31. The van der Waals surface area contributed by atoms with Crippen molar-refractivity contribution in [3.63, 3.8) is 0 Å². The van der Waals surface area contributed by atoms with E-state index >= 15 is 0 Å². The molecule has 0 radical (unpaired) electrons. The zero-order valence-corrected chi connectivity index (χ0v) is 18.8. The summed E-state index contributed by atoms with van der Waals surface area (Å²) >= 11 is 0. The number of nitrogens with one attached hydrogen (secondary N) is 1. The highest BCUT2D eigenvalue weighted by Crippen LogP contribution is 2.54. The first-order valence-corrected chi connectivity index (χ1v) is 11.4. The van der Waals surface area contributed by atoms with Crippen LogP contribution in [0.5, 0.6) is 0 Å². The van der Waals surface area contributed by atoms with Gasteiger partial charge in [0.25, 0.3) is 0 Å². The summed E-state index contributed by atoms with van der Waals surface area (Å²) in [7, 11) is 0. The lowest BCUT2D eigenvalue weighted by atomic mass is 9.75. The van der Waals surface area contributed by atoms with E-state index in [1.165, 1.54) is 0 Å². The number of carboxylic acid groups (broad SMARTS) is 1. The summed E-state index contributed by atoms with van der Waals surface area (Å²) in [5.74, 6) is -3.89. The van der Waals surface area contributed by atoms with Crippen LogP contribution in [0.1, 0.15) is 22.9 Å². The van der Waals surface area contributed by atoms with Gasteiger partial charge in [-0.1, -0.05) is 66.7 Å². The predicted octanol–water partition coefficient (Wildman–Crippen LogP) is 4.17. The Kier molecular flexibility index (Phi) is 4.66. The molecule has 35 heavy (non-hydrogen) atoms. The fourth-order valence-electron chi connectivity index (χ4n) is 5.65. The van der Waals surface area contributed by atoms with Crippen molar-refractivity contribution in [1.82, 2.24) is 5.32 Å². The Morgan fingerprint density at radius 1 is 0.943 bits per heavy atom. The Morgan fingerprint density at radius 2 is 1.63 bits per heavy atom. The predicted molar refractivity (Wildman–Crippen MR) is 128 cm³/mol. The normalized spacial score (nSPS) is 25.9. The number of rotatable bonds is 4. The molecule has 2 fully saturated rings. The van der Waals surface area contributed by atoms with Crippen molar-refractivity contribution in [2.24, 2.45) is 11.8 Å². The van der Waals surface area contributed by atoms with Crippen LogP contribution < -0.4 is 10.2 Å². The first-order valence-electron chi connectivity index (χ1n) is 11.4. The molecule has 2 aliphatic heterocycles. The molecule has 174 valence electrons. The fourth-order valence-corrected chi connectivity index (χ4v) is 5.65. The van der Waals surface area contributed by atoms with Crippen LogP contribution in [-0.2, 0) is 19.9 Å². The number of furan rings is 1. The molecule has 2 saturated heterocycles. The number of aryl methyl sites for hydroxylation is 1. The summed E-state index contributed by atoms with van der Waals surface area (Å²) in [5.41, 5.74) is 0.449. The topological polar surface area (TPSA) is 99.8 Å². The molecule has 0 saturated carbocycles. The number of carbonyl (C=O) groups is 3. The maximum Gasteiger partial charge on any atom is 0.329 e. The zero-order chi connectivity index (χ0) is 24.3. The number of anilines is 1. The number of nitrogens with zero attached hydrogens (tertiary/aromatic N) is 1. The highest BCUT2D eigenvalue weighted by Gasteiger charge is 2.70. The van der Waals surface area contributed by atoms with Gasteiger partial charge in [-0.15, -0.1) is 0 Å². The van der Waals surface area contributed by atoms with E-state index in [-0.39, 0.29) is 0 Å². The SMILES string of the molecule is Cc1ccccc1N1C(=O)C2C(c3cc4ccccc4o3)NC(C(=O)O)(c3ccccc3)C2C1=O. The molecular weight excluding hydrogens is 444 g/mol. The molecule has 7 nitrogen and oxygen atoms in total. The van der Waals surface area contributed by atoms with Crippen molar-refractivity contribution in [1.29, 1.82) is 0 Å². The molecule has 0 spiro atoms. The minimum atomic E-state index is -1.81. The minimum absolute atomic E-state index is 0.411. The van der Waals surface area contributed by atoms with Crippen LogP contribution in [0.25, 0.3) is 11.0 Å². The van der Waals surface area contributed by atoms with Gasteiger partial charge < -0.3 is 9.52 Å². The summed E-state index contributed by atoms with van der Waals surface area (Å²) in [4.78, 5) is 42.0. The van der Waals surface area contributed by atoms with Gasteiger partial charge >= 0.3 is 5.97 Å². The first kappa shape index (κ1) is 21.3. The number of benzene rings is 3. The van der Waals surface area contributed by atoms with Crippen LogP contribution in [0, 0.1) is 18.8 Å². The molecule has 4 atom stereocenters. The number of hydrogen-bond acceptors (Lipinski definition) is 5. The van der Waals surface area contributed by atoms with E-state index in [2.05, 4.69) is 5.32 Å². The van der Waals surface area contributed by atoms with E-state index in [9.17, 15) is 19.5 Å². The van der Waals surface area contributed by atoms with Gasteiger partial charge in [0.2, 0.25) is 11.8 Å². The summed E-state index contributed by atoms with van der Waals surface area (Å²) < 4.78 is 6.08. The van der Waals surface area contributed by atoms with Gasteiger partial charge in [-0.2, -0.15) is 0 Å². The third-order valence-electron chi connectivity index (χ3n) is 7.23. The molecule has 0 bridgehead atoms. The largest absolute Gasteiger partial charge is 0.480 e. The van der Waals surface area contributed by atoms with Gasteiger partial charge in [0.05, 0.1) is 23.6 Å². The smallest absolute Gasteiger partial charge is 0.329 e. The van der Waals surface area contributed by atoms with Crippen molar-refractivity contribution >= 4 is 34.4 Å². The Morgan fingerprint density at radius 3 is 2.34 bits per heavy atom. The van der Waals surface area contributed by atoms with E-state index < -0.39 is 41.2 Å². The van der Waals surface area contributed by atoms with Crippen LogP contribution in [0.3, 0.4) is 0 Å². The average molecular weight is 466 g/mol. The molecule has 3 heterocycles. The van der Waals surface area contributed by atoms with Gasteiger partial charge in [-0.05, 0) is 36.2 Å². The lowest BCUT2D eigenvalue weighted by Crippen LogP contribution is -2.53. The molecule has 2 N–H and O–H groups in total. The molecule has 7 heteroatoms. The Balaban J connectivity index is 1.58. The molecule has 4 aromatic rings. The second-order valence-electron chi connectivity index (χ2n) is 9.09.